The monoisotopic (exact) mass is 417 g/mol. The number of pyridine rings is 1. The number of piperidine rings is 1. The zero-order chi connectivity index (χ0) is 21.7. The van der Waals surface area contributed by atoms with Gasteiger partial charge in [0.25, 0.3) is 11.6 Å². The van der Waals surface area contributed by atoms with Gasteiger partial charge >= 0.3 is 0 Å². The number of carbonyl (C=O) groups excluding carboxylic acids is 1. The Kier molecular flexibility index (Phi) is 4.76. The van der Waals surface area contributed by atoms with Gasteiger partial charge in [-0.25, -0.2) is 9.97 Å². The van der Waals surface area contributed by atoms with Gasteiger partial charge in [-0.3, -0.25) is 4.79 Å². The van der Waals surface area contributed by atoms with Crippen LogP contribution in [0.25, 0.3) is 22.1 Å². The standard InChI is InChI=1S/C24H27N5O2/c1-14(2)19-12-17(21-15(3)27-31-23(21)26-19)24(30)29-11-7-8-16(13-29)22-25-18-9-5-6-10-20(18)28(22)4/h5-6,9-10,12,14,16H,7-8,11,13H2,1-4H3. The van der Waals surface area contributed by atoms with Gasteiger partial charge in [-0.1, -0.05) is 31.1 Å². The molecule has 1 unspecified atom stereocenters. The van der Waals surface area contributed by atoms with Gasteiger partial charge in [-0.05, 0) is 43.9 Å². The van der Waals surface area contributed by atoms with Gasteiger partial charge in [0.2, 0.25) is 0 Å². The molecule has 0 bridgehead atoms. The Morgan fingerprint density at radius 1 is 1.23 bits per heavy atom. The Hall–Kier alpha value is -3.22. The van der Waals surface area contributed by atoms with Crippen molar-refractivity contribution in [3.05, 3.63) is 53.1 Å². The first kappa shape index (κ1) is 19.7. The number of rotatable bonds is 3. The third kappa shape index (κ3) is 3.28. The van der Waals surface area contributed by atoms with E-state index in [0.717, 1.165) is 47.3 Å². The molecule has 3 aromatic heterocycles. The highest BCUT2D eigenvalue weighted by molar-refractivity contribution is 6.06. The maximum Gasteiger partial charge on any atom is 0.259 e. The van der Waals surface area contributed by atoms with Crippen molar-refractivity contribution in [2.75, 3.05) is 13.1 Å². The molecule has 0 N–H and O–H groups in total. The van der Waals surface area contributed by atoms with Gasteiger partial charge in [0.1, 0.15) is 5.82 Å². The number of para-hydroxylation sites is 2. The van der Waals surface area contributed by atoms with Gasteiger partial charge in [0, 0.05) is 31.7 Å². The van der Waals surface area contributed by atoms with Crippen LogP contribution in [-0.4, -0.2) is 43.6 Å². The maximum atomic E-state index is 13.7. The molecule has 1 amide bonds. The highest BCUT2D eigenvalue weighted by Crippen LogP contribution is 2.31. The van der Waals surface area contributed by atoms with Crippen LogP contribution in [0.5, 0.6) is 0 Å². The fourth-order valence-corrected chi connectivity index (χ4v) is 4.65. The molecule has 1 atom stereocenters. The minimum atomic E-state index is 0.0177. The summed E-state index contributed by atoms with van der Waals surface area (Å²) >= 11 is 0. The quantitative estimate of drug-likeness (QED) is 0.488. The lowest BCUT2D eigenvalue weighted by molar-refractivity contribution is 0.0705. The molecule has 4 aromatic rings. The predicted molar refractivity (Wildman–Crippen MR) is 119 cm³/mol. The van der Waals surface area contributed by atoms with Crippen molar-refractivity contribution in [1.29, 1.82) is 0 Å². The van der Waals surface area contributed by atoms with Crippen molar-refractivity contribution in [2.24, 2.45) is 7.05 Å². The van der Waals surface area contributed by atoms with E-state index in [4.69, 9.17) is 9.51 Å². The molecule has 7 heteroatoms. The molecule has 31 heavy (non-hydrogen) atoms. The largest absolute Gasteiger partial charge is 0.338 e. The number of aromatic nitrogens is 4. The second-order valence-corrected chi connectivity index (χ2v) is 8.81. The van der Waals surface area contributed by atoms with E-state index in [1.54, 1.807) is 0 Å². The molecule has 0 saturated carbocycles. The van der Waals surface area contributed by atoms with E-state index >= 15 is 0 Å². The number of hydrogen-bond donors (Lipinski definition) is 0. The molecule has 1 aliphatic rings. The Balaban J connectivity index is 1.50. The van der Waals surface area contributed by atoms with Crippen LogP contribution in [-0.2, 0) is 7.05 Å². The lowest BCUT2D eigenvalue weighted by Gasteiger charge is -2.32. The van der Waals surface area contributed by atoms with Crippen LogP contribution in [0, 0.1) is 6.92 Å². The molecule has 160 valence electrons. The van der Waals surface area contributed by atoms with Crippen molar-refractivity contribution in [3.63, 3.8) is 0 Å². The molecule has 4 heterocycles. The molecule has 0 aliphatic carbocycles. The van der Waals surface area contributed by atoms with Crippen LogP contribution >= 0.6 is 0 Å². The molecule has 7 nitrogen and oxygen atoms in total. The predicted octanol–water partition coefficient (Wildman–Crippen LogP) is 4.56. The van der Waals surface area contributed by atoms with E-state index in [9.17, 15) is 4.79 Å². The average molecular weight is 418 g/mol. The van der Waals surface area contributed by atoms with Crippen LogP contribution in [0.15, 0.2) is 34.9 Å². The lowest BCUT2D eigenvalue weighted by Crippen LogP contribution is -2.40. The summed E-state index contributed by atoms with van der Waals surface area (Å²) < 4.78 is 7.58. The Labute approximate surface area is 181 Å². The zero-order valence-electron chi connectivity index (χ0n) is 18.4. The smallest absolute Gasteiger partial charge is 0.259 e. The van der Waals surface area contributed by atoms with Gasteiger partial charge in [-0.15, -0.1) is 0 Å². The van der Waals surface area contributed by atoms with Crippen molar-refractivity contribution in [2.45, 2.75) is 45.4 Å². The van der Waals surface area contributed by atoms with E-state index in [1.807, 2.05) is 36.1 Å². The molecule has 0 spiro atoms. The Morgan fingerprint density at radius 3 is 2.81 bits per heavy atom. The SMILES string of the molecule is Cc1noc2nc(C(C)C)cc(C(=O)N3CCCC(c4nc5ccccc5n4C)C3)c12. The normalized spacial score (nSPS) is 17.2. The first-order valence-electron chi connectivity index (χ1n) is 10.9. The first-order chi connectivity index (χ1) is 14.9. The van der Waals surface area contributed by atoms with Crippen LogP contribution in [0.4, 0.5) is 0 Å². The molecular formula is C24H27N5O2. The van der Waals surface area contributed by atoms with E-state index in [1.165, 1.54) is 0 Å². The number of carbonyl (C=O) groups is 1. The van der Waals surface area contributed by atoms with Gasteiger partial charge in [0.15, 0.2) is 0 Å². The summed E-state index contributed by atoms with van der Waals surface area (Å²) in [5.41, 5.74) is 4.74. The molecule has 0 radical (unpaired) electrons. The average Bonchev–Trinajstić information content (AvgIpc) is 3.33. The summed E-state index contributed by atoms with van der Waals surface area (Å²) in [5.74, 6) is 1.46. The van der Waals surface area contributed by atoms with Crippen LogP contribution in [0.1, 0.15) is 66.1 Å². The topological polar surface area (TPSA) is 77.1 Å². The van der Waals surface area contributed by atoms with Crippen molar-refractivity contribution < 1.29 is 9.32 Å². The molecular weight excluding hydrogens is 390 g/mol. The summed E-state index contributed by atoms with van der Waals surface area (Å²) in [6.45, 7) is 7.38. The van der Waals surface area contributed by atoms with Crippen LogP contribution < -0.4 is 0 Å². The summed E-state index contributed by atoms with van der Waals surface area (Å²) in [6, 6.07) is 10.1. The minimum absolute atomic E-state index is 0.0177. The molecule has 1 aliphatic heterocycles. The summed E-state index contributed by atoms with van der Waals surface area (Å²) in [4.78, 5) is 25.1. The number of likely N-dealkylation sites (tertiary alicyclic amines) is 1. The van der Waals surface area contributed by atoms with E-state index < -0.39 is 0 Å². The number of amides is 1. The minimum Gasteiger partial charge on any atom is -0.338 e. The number of hydrogen-bond acceptors (Lipinski definition) is 5. The molecule has 1 aromatic carbocycles. The maximum absolute atomic E-state index is 13.7. The summed E-state index contributed by atoms with van der Waals surface area (Å²) in [7, 11) is 2.06. The second-order valence-electron chi connectivity index (χ2n) is 8.81. The highest BCUT2D eigenvalue weighted by Gasteiger charge is 2.30. The zero-order valence-corrected chi connectivity index (χ0v) is 18.4. The Bertz CT molecular complexity index is 1290. The highest BCUT2D eigenvalue weighted by atomic mass is 16.5. The third-order valence-electron chi connectivity index (χ3n) is 6.35. The van der Waals surface area contributed by atoms with E-state index in [0.29, 0.717) is 23.5 Å². The summed E-state index contributed by atoms with van der Waals surface area (Å²) in [5, 5.41) is 4.78. The number of benzene rings is 1. The van der Waals surface area contributed by atoms with Gasteiger partial charge in [-0.2, -0.15) is 0 Å². The lowest BCUT2D eigenvalue weighted by atomic mass is 9.95. The number of fused-ring (bicyclic) bond motifs is 2. The number of aryl methyl sites for hydroxylation is 2. The second kappa shape index (κ2) is 7.48. The first-order valence-corrected chi connectivity index (χ1v) is 10.9. The van der Waals surface area contributed by atoms with E-state index in [2.05, 4.69) is 41.7 Å². The van der Waals surface area contributed by atoms with Crippen LogP contribution in [0.2, 0.25) is 0 Å². The molecule has 1 fully saturated rings. The summed E-state index contributed by atoms with van der Waals surface area (Å²) in [6.07, 6.45) is 1.98. The molecule has 5 rings (SSSR count). The van der Waals surface area contributed by atoms with Crippen LogP contribution in [0.3, 0.4) is 0 Å². The number of imidazole rings is 1. The van der Waals surface area contributed by atoms with Crippen molar-refractivity contribution in [3.8, 4) is 0 Å². The van der Waals surface area contributed by atoms with Crippen molar-refractivity contribution >= 4 is 28.0 Å². The Morgan fingerprint density at radius 2 is 2.03 bits per heavy atom. The fourth-order valence-electron chi connectivity index (χ4n) is 4.65. The van der Waals surface area contributed by atoms with E-state index in [-0.39, 0.29) is 17.7 Å². The molecule has 1 saturated heterocycles. The number of nitrogens with zero attached hydrogens (tertiary/aromatic N) is 5. The van der Waals surface area contributed by atoms with Gasteiger partial charge < -0.3 is 14.0 Å². The van der Waals surface area contributed by atoms with Gasteiger partial charge in [0.05, 0.1) is 27.7 Å². The third-order valence-corrected chi connectivity index (χ3v) is 6.35. The van der Waals surface area contributed by atoms with Crippen molar-refractivity contribution in [1.82, 2.24) is 24.6 Å². The fraction of sp³-hybridized carbons (Fsp3) is 0.417.